The summed E-state index contributed by atoms with van der Waals surface area (Å²) < 4.78 is 5.13. The summed E-state index contributed by atoms with van der Waals surface area (Å²) in [5.41, 5.74) is 0.242. The third kappa shape index (κ3) is 3.38. The maximum atomic E-state index is 10.8. The number of nitrogens with zero attached hydrogens (tertiary/aromatic N) is 1. The summed E-state index contributed by atoms with van der Waals surface area (Å²) in [6, 6.07) is 1.48. The molecule has 0 bridgehead atoms. The van der Waals surface area contributed by atoms with Crippen molar-refractivity contribution >= 4 is 5.97 Å². The van der Waals surface area contributed by atoms with Crippen molar-refractivity contribution in [1.82, 2.24) is 10.2 Å². The predicted octanol–water partition coefficient (Wildman–Crippen LogP) is 0.629. The number of carboxylic acid groups (broad SMARTS) is 1. The Balaban J connectivity index is 2.56. The molecule has 2 N–H and O–H groups in total. The second kappa shape index (κ2) is 5.53. The largest absolute Gasteiger partial charge is 0.478 e. The van der Waals surface area contributed by atoms with E-state index in [1.165, 1.54) is 12.3 Å². The maximum absolute atomic E-state index is 10.8. The van der Waals surface area contributed by atoms with Crippen LogP contribution in [-0.4, -0.2) is 43.2 Å². The van der Waals surface area contributed by atoms with Gasteiger partial charge in [-0.15, -0.1) is 0 Å². The molecule has 0 saturated carbocycles. The lowest BCUT2D eigenvalue weighted by Gasteiger charge is -2.14. The molecule has 1 aromatic rings. The van der Waals surface area contributed by atoms with Crippen LogP contribution in [0, 0.1) is 0 Å². The van der Waals surface area contributed by atoms with E-state index in [1.54, 1.807) is 0 Å². The Morgan fingerprint density at radius 2 is 2.40 bits per heavy atom. The minimum atomic E-state index is -0.944. The van der Waals surface area contributed by atoms with Gasteiger partial charge in [-0.05, 0) is 20.2 Å². The van der Waals surface area contributed by atoms with Crippen LogP contribution in [0.3, 0.4) is 0 Å². The van der Waals surface area contributed by atoms with Gasteiger partial charge in [-0.1, -0.05) is 0 Å². The van der Waals surface area contributed by atoms with Gasteiger partial charge in [0.2, 0.25) is 0 Å². The van der Waals surface area contributed by atoms with Crippen molar-refractivity contribution in [3.63, 3.8) is 0 Å². The molecule has 1 aromatic heterocycles. The standard InChI is InChI=1S/C10H16N2O3/c1-11-4-5-12(2)7-9-8(10(13)14)3-6-15-9/h3,6,11H,4-5,7H2,1-2H3,(H,13,14). The van der Waals surface area contributed by atoms with Gasteiger partial charge in [0.25, 0.3) is 0 Å². The molecule has 84 valence electrons. The topological polar surface area (TPSA) is 65.7 Å². The van der Waals surface area contributed by atoms with Gasteiger partial charge in [-0.25, -0.2) is 4.79 Å². The van der Waals surface area contributed by atoms with Crippen LogP contribution in [0.5, 0.6) is 0 Å². The highest BCUT2D eigenvalue weighted by molar-refractivity contribution is 5.88. The molecule has 5 nitrogen and oxygen atoms in total. The number of carbonyl (C=O) groups is 1. The molecule has 0 amide bonds. The van der Waals surface area contributed by atoms with Gasteiger partial charge in [-0.2, -0.15) is 0 Å². The zero-order valence-electron chi connectivity index (χ0n) is 8.99. The van der Waals surface area contributed by atoms with E-state index < -0.39 is 5.97 Å². The molecular formula is C10H16N2O3. The Labute approximate surface area is 88.7 Å². The molecule has 1 heterocycles. The number of aromatic carboxylic acids is 1. The number of hydrogen-bond donors (Lipinski definition) is 2. The molecule has 0 spiro atoms. The summed E-state index contributed by atoms with van der Waals surface area (Å²) >= 11 is 0. The normalized spacial score (nSPS) is 10.9. The van der Waals surface area contributed by atoms with Crippen molar-refractivity contribution < 1.29 is 14.3 Å². The van der Waals surface area contributed by atoms with E-state index in [9.17, 15) is 4.79 Å². The monoisotopic (exact) mass is 212 g/mol. The first kappa shape index (κ1) is 11.7. The van der Waals surface area contributed by atoms with E-state index in [-0.39, 0.29) is 5.56 Å². The summed E-state index contributed by atoms with van der Waals surface area (Å²) in [4.78, 5) is 12.8. The second-order valence-corrected chi connectivity index (χ2v) is 3.40. The molecule has 0 aliphatic heterocycles. The number of furan rings is 1. The van der Waals surface area contributed by atoms with E-state index in [4.69, 9.17) is 9.52 Å². The Hall–Kier alpha value is -1.33. The van der Waals surface area contributed by atoms with Gasteiger partial charge < -0.3 is 14.8 Å². The van der Waals surface area contributed by atoms with Gasteiger partial charge in [0.15, 0.2) is 0 Å². The van der Waals surface area contributed by atoms with Crippen molar-refractivity contribution in [1.29, 1.82) is 0 Å². The first-order valence-electron chi connectivity index (χ1n) is 4.78. The minimum Gasteiger partial charge on any atom is -0.478 e. The number of hydrogen-bond acceptors (Lipinski definition) is 4. The predicted molar refractivity (Wildman–Crippen MR) is 55.9 cm³/mol. The van der Waals surface area contributed by atoms with Crippen molar-refractivity contribution in [2.45, 2.75) is 6.54 Å². The van der Waals surface area contributed by atoms with E-state index in [2.05, 4.69) is 5.32 Å². The van der Waals surface area contributed by atoms with Gasteiger partial charge in [0.05, 0.1) is 12.8 Å². The molecule has 0 aliphatic carbocycles. The lowest BCUT2D eigenvalue weighted by atomic mass is 10.2. The van der Waals surface area contributed by atoms with Gasteiger partial charge in [-0.3, -0.25) is 4.90 Å². The highest BCUT2D eigenvalue weighted by Gasteiger charge is 2.14. The zero-order chi connectivity index (χ0) is 11.3. The van der Waals surface area contributed by atoms with E-state index >= 15 is 0 Å². The Bertz CT molecular complexity index is 322. The Morgan fingerprint density at radius 3 is 3.00 bits per heavy atom. The third-order valence-corrected chi connectivity index (χ3v) is 2.13. The third-order valence-electron chi connectivity index (χ3n) is 2.13. The molecule has 0 radical (unpaired) electrons. The minimum absolute atomic E-state index is 0.242. The lowest BCUT2D eigenvalue weighted by molar-refractivity contribution is 0.0693. The summed E-state index contributed by atoms with van der Waals surface area (Å²) in [6.07, 6.45) is 1.41. The molecule has 1 rings (SSSR count). The molecule has 0 aromatic carbocycles. The number of carboxylic acids is 1. The molecule has 0 atom stereocenters. The van der Waals surface area contributed by atoms with Gasteiger partial charge in [0.1, 0.15) is 11.3 Å². The van der Waals surface area contributed by atoms with Crippen LogP contribution in [0.25, 0.3) is 0 Å². The molecule has 5 heteroatoms. The average molecular weight is 212 g/mol. The fourth-order valence-electron chi connectivity index (χ4n) is 1.28. The number of likely N-dealkylation sites (N-methyl/N-ethyl adjacent to an activating group) is 2. The SMILES string of the molecule is CNCCN(C)Cc1occc1C(=O)O. The van der Waals surface area contributed by atoms with E-state index in [1.807, 2.05) is 19.0 Å². The number of nitrogens with one attached hydrogen (secondary N) is 1. The van der Waals surface area contributed by atoms with Crippen LogP contribution in [0.2, 0.25) is 0 Å². The lowest BCUT2D eigenvalue weighted by Crippen LogP contribution is -2.27. The quantitative estimate of drug-likeness (QED) is 0.724. The summed E-state index contributed by atoms with van der Waals surface area (Å²) in [7, 11) is 3.80. The molecular weight excluding hydrogens is 196 g/mol. The molecule has 0 unspecified atom stereocenters. The first-order chi connectivity index (χ1) is 7.15. The first-order valence-corrected chi connectivity index (χ1v) is 4.78. The van der Waals surface area contributed by atoms with Crippen LogP contribution < -0.4 is 5.32 Å². The van der Waals surface area contributed by atoms with E-state index in [0.29, 0.717) is 12.3 Å². The average Bonchev–Trinajstić information content (AvgIpc) is 2.62. The summed E-state index contributed by atoms with van der Waals surface area (Å²) in [6.45, 7) is 2.21. The van der Waals surface area contributed by atoms with E-state index in [0.717, 1.165) is 13.1 Å². The maximum Gasteiger partial charge on any atom is 0.339 e. The van der Waals surface area contributed by atoms with Crippen LogP contribution in [-0.2, 0) is 6.54 Å². The van der Waals surface area contributed by atoms with Gasteiger partial charge in [0, 0.05) is 13.1 Å². The Morgan fingerprint density at radius 1 is 1.67 bits per heavy atom. The smallest absolute Gasteiger partial charge is 0.339 e. The van der Waals surface area contributed by atoms with Gasteiger partial charge >= 0.3 is 5.97 Å². The highest BCUT2D eigenvalue weighted by Crippen LogP contribution is 2.12. The summed E-state index contributed by atoms with van der Waals surface area (Å²) in [5, 5.41) is 11.9. The Kier molecular flexibility index (Phi) is 4.33. The molecule has 0 aliphatic rings. The highest BCUT2D eigenvalue weighted by atomic mass is 16.4. The number of rotatable bonds is 6. The molecule has 15 heavy (non-hydrogen) atoms. The van der Waals surface area contributed by atoms with Crippen LogP contribution >= 0.6 is 0 Å². The van der Waals surface area contributed by atoms with Crippen molar-refractivity contribution in [2.75, 3.05) is 27.2 Å². The van der Waals surface area contributed by atoms with Crippen LogP contribution in [0.15, 0.2) is 16.7 Å². The zero-order valence-corrected chi connectivity index (χ0v) is 8.99. The molecule has 0 saturated heterocycles. The fraction of sp³-hybridized carbons (Fsp3) is 0.500. The fourth-order valence-corrected chi connectivity index (χ4v) is 1.28. The molecule has 0 fully saturated rings. The van der Waals surface area contributed by atoms with Crippen molar-refractivity contribution in [3.8, 4) is 0 Å². The second-order valence-electron chi connectivity index (χ2n) is 3.40. The van der Waals surface area contributed by atoms with Crippen LogP contribution in [0.4, 0.5) is 0 Å². The van der Waals surface area contributed by atoms with Crippen molar-refractivity contribution in [3.05, 3.63) is 23.7 Å². The van der Waals surface area contributed by atoms with Crippen LogP contribution in [0.1, 0.15) is 16.1 Å². The van der Waals surface area contributed by atoms with Crippen molar-refractivity contribution in [2.24, 2.45) is 0 Å². The summed E-state index contributed by atoms with van der Waals surface area (Å²) in [5.74, 6) is -0.443.